The van der Waals surface area contributed by atoms with E-state index in [0.717, 1.165) is 23.2 Å². The molecular formula is C10H14N4S. The summed E-state index contributed by atoms with van der Waals surface area (Å²) in [6, 6.07) is 2.07. The number of nitrogens with two attached hydrogens (primary N) is 1. The van der Waals surface area contributed by atoms with Gasteiger partial charge in [-0.15, -0.1) is 11.3 Å². The molecule has 0 atom stereocenters. The van der Waals surface area contributed by atoms with Gasteiger partial charge < -0.3 is 11.1 Å². The molecule has 0 radical (unpaired) electrons. The van der Waals surface area contributed by atoms with Crippen molar-refractivity contribution in [2.45, 2.75) is 20.3 Å². The van der Waals surface area contributed by atoms with Crippen LogP contribution in [0.15, 0.2) is 6.07 Å². The van der Waals surface area contributed by atoms with Crippen molar-refractivity contribution >= 4 is 33.3 Å². The van der Waals surface area contributed by atoms with Gasteiger partial charge in [-0.3, -0.25) is 0 Å². The maximum absolute atomic E-state index is 5.87. The lowest BCUT2D eigenvalue weighted by Gasteiger charge is -2.02. The molecule has 2 heterocycles. The van der Waals surface area contributed by atoms with Crippen LogP contribution >= 0.6 is 11.3 Å². The summed E-state index contributed by atoms with van der Waals surface area (Å²) >= 11 is 1.68. The lowest BCUT2D eigenvalue weighted by atomic mass is 10.3. The van der Waals surface area contributed by atoms with Crippen LogP contribution in [0.5, 0.6) is 0 Å². The third kappa shape index (κ3) is 1.87. The van der Waals surface area contributed by atoms with E-state index in [0.29, 0.717) is 11.8 Å². The summed E-state index contributed by atoms with van der Waals surface area (Å²) in [5.74, 6) is 1.18. The van der Waals surface area contributed by atoms with Crippen LogP contribution in [0.1, 0.15) is 18.7 Å². The van der Waals surface area contributed by atoms with Crippen LogP contribution in [0.25, 0.3) is 10.2 Å². The van der Waals surface area contributed by atoms with E-state index in [1.165, 1.54) is 4.88 Å². The van der Waals surface area contributed by atoms with Crippen LogP contribution in [0, 0.1) is 0 Å². The van der Waals surface area contributed by atoms with Crippen molar-refractivity contribution in [1.29, 1.82) is 0 Å². The highest BCUT2D eigenvalue weighted by Gasteiger charge is 2.08. The van der Waals surface area contributed by atoms with E-state index < -0.39 is 0 Å². The molecule has 3 N–H and O–H groups in total. The quantitative estimate of drug-likeness (QED) is 0.836. The second-order valence-electron chi connectivity index (χ2n) is 3.25. The molecule has 4 nitrogen and oxygen atoms in total. The molecule has 0 unspecified atom stereocenters. The van der Waals surface area contributed by atoms with E-state index in [9.17, 15) is 0 Å². The number of nitrogens with zero attached hydrogens (tertiary/aromatic N) is 2. The number of aryl methyl sites for hydroxylation is 1. The molecule has 2 aromatic rings. The Kier molecular flexibility index (Phi) is 2.73. The summed E-state index contributed by atoms with van der Waals surface area (Å²) in [5, 5.41) is 4.04. The van der Waals surface area contributed by atoms with Crippen LogP contribution in [-0.4, -0.2) is 16.5 Å². The first-order chi connectivity index (χ1) is 7.24. The Hall–Kier alpha value is -1.36. The van der Waals surface area contributed by atoms with Gasteiger partial charge in [-0.1, -0.05) is 6.92 Å². The zero-order valence-corrected chi connectivity index (χ0v) is 9.69. The van der Waals surface area contributed by atoms with Crippen LogP contribution in [-0.2, 0) is 6.42 Å². The van der Waals surface area contributed by atoms with E-state index in [1.807, 2.05) is 6.92 Å². The SMILES string of the molecule is CCNc1nc(N)c2cc(CC)sc2n1. The van der Waals surface area contributed by atoms with Gasteiger partial charge in [0.15, 0.2) is 0 Å². The topological polar surface area (TPSA) is 63.8 Å². The van der Waals surface area contributed by atoms with Gasteiger partial charge in [0.05, 0.1) is 5.39 Å². The van der Waals surface area contributed by atoms with Gasteiger partial charge in [0.2, 0.25) is 5.95 Å². The maximum Gasteiger partial charge on any atom is 0.226 e. The summed E-state index contributed by atoms with van der Waals surface area (Å²) in [4.78, 5) is 10.9. The van der Waals surface area contributed by atoms with Crippen molar-refractivity contribution in [2.24, 2.45) is 0 Å². The monoisotopic (exact) mass is 222 g/mol. The number of hydrogen-bond donors (Lipinski definition) is 2. The summed E-state index contributed by atoms with van der Waals surface area (Å²) in [6.45, 7) is 4.94. The minimum atomic E-state index is 0.562. The van der Waals surface area contributed by atoms with Crippen LogP contribution in [0.3, 0.4) is 0 Å². The van der Waals surface area contributed by atoms with Crippen LogP contribution < -0.4 is 11.1 Å². The van der Waals surface area contributed by atoms with Crippen molar-refractivity contribution in [1.82, 2.24) is 9.97 Å². The summed E-state index contributed by atoms with van der Waals surface area (Å²) in [7, 11) is 0. The van der Waals surface area contributed by atoms with Gasteiger partial charge in [-0.05, 0) is 19.4 Å². The highest BCUT2D eigenvalue weighted by molar-refractivity contribution is 7.18. The number of nitrogen functional groups attached to an aromatic ring is 1. The van der Waals surface area contributed by atoms with Crippen LogP contribution in [0.4, 0.5) is 11.8 Å². The second-order valence-corrected chi connectivity index (χ2v) is 4.36. The summed E-state index contributed by atoms with van der Waals surface area (Å²) in [6.07, 6.45) is 1.01. The average Bonchev–Trinajstić information content (AvgIpc) is 2.62. The highest BCUT2D eigenvalue weighted by Crippen LogP contribution is 2.28. The first-order valence-corrected chi connectivity index (χ1v) is 5.86. The standard InChI is InChI=1S/C10H14N4S/c1-3-6-5-7-8(11)13-10(12-4-2)14-9(7)15-6/h5H,3-4H2,1-2H3,(H3,11,12,13,14). The molecule has 0 saturated heterocycles. The van der Waals surface area contributed by atoms with Gasteiger partial charge in [0.1, 0.15) is 10.6 Å². The predicted molar refractivity (Wildman–Crippen MR) is 65.4 cm³/mol. The lowest BCUT2D eigenvalue weighted by Crippen LogP contribution is -2.03. The molecule has 0 spiro atoms. The summed E-state index contributed by atoms with van der Waals surface area (Å²) in [5.41, 5.74) is 5.87. The number of thiophene rings is 1. The van der Waals surface area contributed by atoms with Gasteiger partial charge >= 0.3 is 0 Å². The van der Waals surface area contributed by atoms with Gasteiger partial charge in [-0.2, -0.15) is 4.98 Å². The number of nitrogens with one attached hydrogen (secondary N) is 1. The van der Waals surface area contributed by atoms with Crippen molar-refractivity contribution in [3.05, 3.63) is 10.9 Å². The number of anilines is 2. The second kappa shape index (κ2) is 4.02. The fourth-order valence-electron chi connectivity index (χ4n) is 1.40. The number of hydrogen-bond acceptors (Lipinski definition) is 5. The highest BCUT2D eigenvalue weighted by atomic mass is 32.1. The molecule has 0 aliphatic rings. The minimum Gasteiger partial charge on any atom is -0.383 e. The van der Waals surface area contributed by atoms with E-state index in [-0.39, 0.29) is 0 Å². The van der Waals surface area contributed by atoms with Crippen molar-refractivity contribution in [2.75, 3.05) is 17.6 Å². The lowest BCUT2D eigenvalue weighted by molar-refractivity contribution is 1.12. The molecule has 0 aromatic carbocycles. The largest absolute Gasteiger partial charge is 0.383 e. The smallest absolute Gasteiger partial charge is 0.226 e. The first kappa shape index (κ1) is 10.2. The molecule has 0 amide bonds. The fourth-order valence-corrected chi connectivity index (χ4v) is 2.38. The van der Waals surface area contributed by atoms with Crippen molar-refractivity contribution in [3.63, 3.8) is 0 Å². The molecule has 80 valence electrons. The zero-order chi connectivity index (χ0) is 10.8. The fraction of sp³-hybridized carbons (Fsp3) is 0.400. The Balaban J connectivity index is 2.54. The first-order valence-electron chi connectivity index (χ1n) is 5.04. The predicted octanol–water partition coefficient (Wildman–Crippen LogP) is 2.27. The van der Waals surface area contributed by atoms with E-state index >= 15 is 0 Å². The van der Waals surface area contributed by atoms with Gasteiger partial charge in [0, 0.05) is 11.4 Å². The van der Waals surface area contributed by atoms with E-state index in [4.69, 9.17) is 5.73 Å². The molecule has 0 aliphatic heterocycles. The minimum absolute atomic E-state index is 0.562. The van der Waals surface area contributed by atoms with E-state index in [1.54, 1.807) is 11.3 Å². The number of fused-ring (bicyclic) bond motifs is 1. The number of rotatable bonds is 3. The molecule has 2 aromatic heterocycles. The molecule has 0 bridgehead atoms. The van der Waals surface area contributed by atoms with E-state index in [2.05, 4.69) is 28.3 Å². The number of aromatic nitrogens is 2. The Labute approximate surface area is 92.5 Å². The van der Waals surface area contributed by atoms with Crippen LogP contribution in [0.2, 0.25) is 0 Å². The third-order valence-electron chi connectivity index (χ3n) is 2.16. The Bertz CT molecular complexity index is 477. The molecule has 0 saturated carbocycles. The molecule has 2 rings (SSSR count). The Morgan fingerprint density at radius 1 is 1.40 bits per heavy atom. The molecule has 0 fully saturated rings. The average molecular weight is 222 g/mol. The Morgan fingerprint density at radius 3 is 2.87 bits per heavy atom. The molecule has 15 heavy (non-hydrogen) atoms. The Morgan fingerprint density at radius 2 is 2.20 bits per heavy atom. The molecular weight excluding hydrogens is 208 g/mol. The van der Waals surface area contributed by atoms with Gasteiger partial charge in [0.25, 0.3) is 0 Å². The maximum atomic E-state index is 5.87. The van der Waals surface area contributed by atoms with Crippen molar-refractivity contribution < 1.29 is 0 Å². The third-order valence-corrected chi connectivity index (χ3v) is 3.33. The van der Waals surface area contributed by atoms with Crippen molar-refractivity contribution in [3.8, 4) is 0 Å². The zero-order valence-electron chi connectivity index (χ0n) is 8.87. The molecule has 0 aliphatic carbocycles. The normalized spacial score (nSPS) is 10.8. The summed E-state index contributed by atoms with van der Waals surface area (Å²) < 4.78 is 0. The molecule has 5 heteroatoms. The van der Waals surface area contributed by atoms with Gasteiger partial charge in [-0.25, -0.2) is 4.98 Å².